The molecule has 1 unspecified atom stereocenters. The molecule has 100 valence electrons. The maximum Gasteiger partial charge on any atom is 0.204 e. The molecule has 2 aromatic rings. The molecule has 4 nitrogen and oxygen atoms in total. The van der Waals surface area contributed by atoms with Crippen molar-refractivity contribution in [1.82, 2.24) is 4.98 Å². The summed E-state index contributed by atoms with van der Waals surface area (Å²) in [5, 5.41) is 3.85. The van der Waals surface area contributed by atoms with Crippen LogP contribution < -0.4 is 11.1 Å². The maximum atomic E-state index is 12.3. The van der Waals surface area contributed by atoms with Crippen LogP contribution in [0.3, 0.4) is 0 Å². The lowest BCUT2D eigenvalue weighted by atomic mass is 10.0. The topological polar surface area (TPSA) is 68.0 Å². The third-order valence-corrected chi connectivity index (χ3v) is 3.65. The molecule has 0 aliphatic heterocycles. The van der Waals surface area contributed by atoms with Crippen LogP contribution in [0, 0.1) is 6.92 Å². The molecular weight excluding hydrogens is 258 g/mol. The summed E-state index contributed by atoms with van der Waals surface area (Å²) in [6.07, 6.45) is 1.61. The number of nitrogens with two attached hydrogens (primary N) is 1. The number of carbonyl (C=O) groups excluding carboxylic acids is 1. The fraction of sp³-hybridized carbons (Fsp3) is 0.286. The molecule has 0 spiro atoms. The molecular formula is C14H17N3OS. The van der Waals surface area contributed by atoms with Crippen molar-refractivity contribution in [2.45, 2.75) is 19.9 Å². The first-order valence-corrected chi connectivity index (χ1v) is 6.95. The minimum absolute atomic E-state index is 0.0180. The van der Waals surface area contributed by atoms with E-state index in [0.717, 1.165) is 16.3 Å². The summed E-state index contributed by atoms with van der Waals surface area (Å²) in [7, 11) is 0. The van der Waals surface area contributed by atoms with Crippen LogP contribution in [-0.2, 0) is 0 Å². The summed E-state index contributed by atoms with van der Waals surface area (Å²) in [6, 6.07) is 7.63. The molecule has 0 amide bonds. The number of anilines is 1. The number of hydrogen-bond acceptors (Lipinski definition) is 5. The Morgan fingerprint density at radius 1 is 1.47 bits per heavy atom. The van der Waals surface area contributed by atoms with E-state index in [2.05, 4.69) is 10.3 Å². The van der Waals surface area contributed by atoms with Crippen LogP contribution in [0.5, 0.6) is 0 Å². The van der Waals surface area contributed by atoms with Gasteiger partial charge in [-0.2, -0.15) is 0 Å². The first-order valence-electron chi connectivity index (χ1n) is 6.13. The number of hydrogen-bond donors (Lipinski definition) is 2. The predicted octanol–water partition coefficient (Wildman–Crippen LogP) is 2.44. The molecule has 1 aromatic heterocycles. The molecule has 19 heavy (non-hydrogen) atoms. The molecule has 2 rings (SSSR count). The minimum Gasteiger partial charge on any atom is -0.360 e. The van der Waals surface area contributed by atoms with Crippen LogP contribution in [0.15, 0.2) is 30.5 Å². The van der Waals surface area contributed by atoms with Crippen LogP contribution in [0.1, 0.15) is 27.7 Å². The van der Waals surface area contributed by atoms with Crippen molar-refractivity contribution in [3.05, 3.63) is 46.5 Å². The number of aryl methyl sites for hydroxylation is 1. The molecule has 0 saturated carbocycles. The van der Waals surface area contributed by atoms with E-state index in [1.54, 1.807) is 6.20 Å². The van der Waals surface area contributed by atoms with Gasteiger partial charge >= 0.3 is 0 Å². The van der Waals surface area contributed by atoms with Crippen LogP contribution in [0.2, 0.25) is 0 Å². The van der Waals surface area contributed by atoms with Crippen LogP contribution in [-0.4, -0.2) is 23.4 Å². The quantitative estimate of drug-likeness (QED) is 0.822. The van der Waals surface area contributed by atoms with E-state index >= 15 is 0 Å². The molecule has 1 aromatic carbocycles. The van der Waals surface area contributed by atoms with Gasteiger partial charge < -0.3 is 11.1 Å². The van der Waals surface area contributed by atoms with E-state index in [9.17, 15) is 4.79 Å². The highest BCUT2D eigenvalue weighted by atomic mass is 32.1. The summed E-state index contributed by atoms with van der Waals surface area (Å²) >= 11 is 1.36. The maximum absolute atomic E-state index is 12.3. The molecule has 1 heterocycles. The summed E-state index contributed by atoms with van der Waals surface area (Å²) in [5.74, 6) is 0.0180. The Bertz CT molecular complexity index is 578. The fourth-order valence-corrected chi connectivity index (χ4v) is 2.45. The third kappa shape index (κ3) is 3.39. The van der Waals surface area contributed by atoms with Crippen molar-refractivity contribution in [1.29, 1.82) is 0 Å². The molecule has 0 radical (unpaired) electrons. The SMILES string of the molecule is Cc1ccccc1C(=O)c1cnc(NCC(C)N)s1. The molecule has 0 saturated heterocycles. The summed E-state index contributed by atoms with van der Waals surface area (Å²) < 4.78 is 0. The molecule has 5 heteroatoms. The van der Waals surface area contributed by atoms with Crippen molar-refractivity contribution in [2.24, 2.45) is 5.73 Å². The average molecular weight is 275 g/mol. The zero-order chi connectivity index (χ0) is 13.8. The van der Waals surface area contributed by atoms with Crippen LogP contribution in [0.4, 0.5) is 5.13 Å². The molecule has 1 atom stereocenters. The average Bonchev–Trinajstić information content (AvgIpc) is 2.85. The summed E-state index contributed by atoms with van der Waals surface area (Å²) in [6.45, 7) is 4.50. The third-order valence-electron chi connectivity index (χ3n) is 2.69. The monoisotopic (exact) mass is 275 g/mol. The highest BCUT2D eigenvalue weighted by molar-refractivity contribution is 7.17. The van der Waals surface area contributed by atoms with Gasteiger partial charge in [0.2, 0.25) is 5.78 Å². The first kappa shape index (κ1) is 13.7. The highest BCUT2D eigenvalue weighted by Gasteiger charge is 2.14. The largest absolute Gasteiger partial charge is 0.360 e. The highest BCUT2D eigenvalue weighted by Crippen LogP contribution is 2.22. The van der Waals surface area contributed by atoms with Gasteiger partial charge in [-0.1, -0.05) is 35.6 Å². The number of benzene rings is 1. The lowest BCUT2D eigenvalue weighted by Gasteiger charge is -2.04. The summed E-state index contributed by atoms with van der Waals surface area (Å²) in [4.78, 5) is 17.2. The Morgan fingerprint density at radius 2 is 2.21 bits per heavy atom. The number of aromatic nitrogens is 1. The summed E-state index contributed by atoms with van der Waals surface area (Å²) in [5.41, 5.74) is 7.37. The molecule has 0 aliphatic rings. The van der Waals surface area contributed by atoms with Crippen molar-refractivity contribution >= 4 is 22.3 Å². The number of nitrogens with one attached hydrogen (secondary N) is 1. The van der Waals surface area contributed by atoms with E-state index in [4.69, 9.17) is 5.73 Å². The second-order valence-corrected chi connectivity index (χ2v) is 5.56. The van der Waals surface area contributed by atoms with E-state index in [-0.39, 0.29) is 11.8 Å². The zero-order valence-electron chi connectivity index (χ0n) is 11.0. The molecule has 0 bridgehead atoms. The van der Waals surface area contributed by atoms with E-state index < -0.39 is 0 Å². The van der Waals surface area contributed by atoms with Gasteiger partial charge in [-0.3, -0.25) is 4.79 Å². The van der Waals surface area contributed by atoms with Crippen molar-refractivity contribution in [2.75, 3.05) is 11.9 Å². The normalized spacial score (nSPS) is 12.2. The van der Waals surface area contributed by atoms with Gasteiger partial charge in [0.05, 0.1) is 11.1 Å². The smallest absolute Gasteiger partial charge is 0.204 e. The first-order chi connectivity index (χ1) is 9.08. The van der Waals surface area contributed by atoms with Gasteiger partial charge in [-0.05, 0) is 19.4 Å². The van der Waals surface area contributed by atoms with Gasteiger partial charge in [-0.15, -0.1) is 0 Å². The van der Waals surface area contributed by atoms with Gasteiger partial charge in [0.15, 0.2) is 5.13 Å². The molecule has 3 N–H and O–H groups in total. The van der Waals surface area contributed by atoms with E-state index in [1.165, 1.54) is 11.3 Å². The molecule has 0 fully saturated rings. The van der Waals surface area contributed by atoms with Gasteiger partial charge in [-0.25, -0.2) is 4.98 Å². The lowest BCUT2D eigenvalue weighted by molar-refractivity contribution is 0.104. The van der Waals surface area contributed by atoms with Crippen molar-refractivity contribution in [3.63, 3.8) is 0 Å². The Balaban J connectivity index is 2.14. The Labute approximate surface area is 116 Å². The van der Waals surface area contributed by atoms with E-state index in [1.807, 2.05) is 38.1 Å². The molecule has 0 aliphatic carbocycles. The number of carbonyl (C=O) groups is 1. The minimum atomic E-state index is 0.0180. The van der Waals surface area contributed by atoms with E-state index in [0.29, 0.717) is 11.4 Å². The second-order valence-electron chi connectivity index (χ2n) is 4.53. The van der Waals surface area contributed by atoms with Crippen LogP contribution in [0.25, 0.3) is 0 Å². The van der Waals surface area contributed by atoms with Gasteiger partial charge in [0.25, 0.3) is 0 Å². The fourth-order valence-electron chi connectivity index (χ4n) is 1.67. The Hall–Kier alpha value is -1.72. The number of rotatable bonds is 5. The van der Waals surface area contributed by atoms with Crippen molar-refractivity contribution < 1.29 is 4.79 Å². The van der Waals surface area contributed by atoms with Crippen LogP contribution >= 0.6 is 11.3 Å². The zero-order valence-corrected chi connectivity index (χ0v) is 11.8. The van der Waals surface area contributed by atoms with Gasteiger partial charge in [0.1, 0.15) is 0 Å². The second kappa shape index (κ2) is 5.95. The lowest BCUT2D eigenvalue weighted by Crippen LogP contribution is -2.25. The Kier molecular flexibility index (Phi) is 4.29. The predicted molar refractivity (Wildman–Crippen MR) is 78.9 cm³/mol. The number of ketones is 1. The number of thiazole rings is 1. The number of nitrogens with zero attached hydrogens (tertiary/aromatic N) is 1. The van der Waals surface area contributed by atoms with Gasteiger partial charge in [0, 0.05) is 18.2 Å². The Morgan fingerprint density at radius 3 is 2.89 bits per heavy atom. The standard InChI is InChI=1S/C14H17N3OS/c1-9-5-3-4-6-11(9)13(18)12-8-17-14(19-12)16-7-10(2)15/h3-6,8,10H,7,15H2,1-2H3,(H,16,17). The van der Waals surface area contributed by atoms with Crippen molar-refractivity contribution in [3.8, 4) is 0 Å².